The van der Waals surface area contributed by atoms with Crippen molar-refractivity contribution in [3.8, 4) is 11.3 Å². The first kappa shape index (κ1) is 17.7. The largest absolute Gasteiger partial charge is 0.422 e. The maximum atomic E-state index is 12.5. The van der Waals surface area contributed by atoms with Gasteiger partial charge in [-0.05, 0) is 19.1 Å². The SMILES string of the molecule is Cc1ccc(-c2csc(SCC(=O)c3cc4ccccc4oc3=O)n2)cc1. The van der Waals surface area contributed by atoms with Gasteiger partial charge in [-0.1, -0.05) is 59.8 Å². The van der Waals surface area contributed by atoms with E-state index in [0.29, 0.717) is 5.58 Å². The van der Waals surface area contributed by atoms with E-state index in [2.05, 4.69) is 4.98 Å². The summed E-state index contributed by atoms with van der Waals surface area (Å²) < 4.78 is 6.03. The van der Waals surface area contributed by atoms with Gasteiger partial charge in [0.2, 0.25) is 0 Å². The lowest BCUT2D eigenvalue weighted by atomic mass is 10.1. The number of hydrogen-bond donors (Lipinski definition) is 0. The molecule has 27 heavy (non-hydrogen) atoms. The zero-order valence-corrected chi connectivity index (χ0v) is 16.1. The minimum Gasteiger partial charge on any atom is -0.422 e. The number of thioether (sulfide) groups is 1. The molecule has 0 saturated heterocycles. The zero-order valence-electron chi connectivity index (χ0n) is 14.5. The third-order valence-electron chi connectivity index (χ3n) is 4.10. The Morgan fingerprint density at radius 1 is 1.15 bits per heavy atom. The van der Waals surface area contributed by atoms with E-state index in [1.54, 1.807) is 18.2 Å². The summed E-state index contributed by atoms with van der Waals surface area (Å²) in [5.74, 6) is -0.115. The van der Waals surface area contributed by atoms with Crippen LogP contribution in [-0.4, -0.2) is 16.5 Å². The van der Waals surface area contributed by atoms with Gasteiger partial charge in [0.15, 0.2) is 10.1 Å². The molecular weight excluding hydrogens is 378 g/mol. The summed E-state index contributed by atoms with van der Waals surface area (Å²) in [5.41, 5.74) is 3.10. The van der Waals surface area contributed by atoms with Crippen LogP contribution in [0.15, 0.2) is 73.5 Å². The van der Waals surface area contributed by atoms with Crippen LogP contribution in [0.2, 0.25) is 0 Å². The Hall–Kier alpha value is -2.70. The predicted molar refractivity (Wildman–Crippen MR) is 110 cm³/mol. The van der Waals surface area contributed by atoms with Crippen LogP contribution < -0.4 is 5.63 Å². The summed E-state index contributed by atoms with van der Waals surface area (Å²) in [5, 5.41) is 2.71. The molecule has 2 aromatic carbocycles. The molecule has 0 amide bonds. The minimum atomic E-state index is -0.598. The topological polar surface area (TPSA) is 60.2 Å². The molecule has 0 N–H and O–H groups in total. The van der Waals surface area contributed by atoms with Crippen LogP contribution in [0.5, 0.6) is 0 Å². The van der Waals surface area contributed by atoms with E-state index in [0.717, 1.165) is 21.0 Å². The summed E-state index contributed by atoms with van der Waals surface area (Å²) in [6, 6.07) is 16.9. The van der Waals surface area contributed by atoms with Gasteiger partial charge >= 0.3 is 5.63 Å². The first-order valence-corrected chi connectivity index (χ1v) is 10.2. The molecule has 0 aliphatic rings. The van der Waals surface area contributed by atoms with Crippen LogP contribution in [-0.2, 0) is 0 Å². The Bertz CT molecular complexity index is 1180. The van der Waals surface area contributed by atoms with Crippen molar-refractivity contribution in [2.75, 3.05) is 5.75 Å². The second-order valence-electron chi connectivity index (χ2n) is 6.06. The number of aromatic nitrogens is 1. The fourth-order valence-corrected chi connectivity index (χ4v) is 4.36. The van der Waals surface area contributed by atoms with E-state index in [4.69, 9.17) is 4.42 Å². The molecule has 6 heteroatoms. The predicted octanol–water partition coefficient (Wildman–Crippen LogP) is 5.20. The fourth-order valence-electron chi connectivity index (χ4n) is 2.64. The number of thiazole rings is 1. The Balaban J connectivity index is 1.49. The van der Waals surface area contributed by atoms with Gasteiger partial charge in [0.05, 0.1) is 11.4 Å². The molecule has 0 unspecified atom stereocenters. The van der Waals surface area contributed by atoms with Crippen LogP contribution in [0.4, 0.5) is 0 Å². The van der Waals surface area contributed by atoms with Crippen LogP contribution in [0, 0.1) is 6.92 Å². The Kier molecular flexibility index (Phi) is 4.92. The smallest absolute Gasteiger partial charge is 0.347 e. The highest BCUT2D eigenvalue weighted by atomic mass is 32.2. The summed E-state index contributed by atoms with van der Waals surface area (Å²) >= 11 is 2.82. The normalized spacial score (nSPS) is 11.0. The van der Waals surface area contributed by atoms with Crippen molar-refractivity contribution in [3.05, 3.63) is 81.5 Å². The van der Waals surface area contributed by atoms with Crippen molar-refractivity contribution in [1.82, 2.24) is 4.98 Å². The molecule has 134 valence electrons. The summed E-state index contributed by atoms with van der Waals surface area (Å²) in [6.07, 6.45) is 0. The van der Waals surface area contributed by atoms with Crippen molar-refractivity contribution in [3.63, 3.8) is 0 Å². The van der Waals surface area contributed by atoms with Crippen molar-refractivity contribution in [1.29, 1.82) is 0 Å². The van der Waals surface area contributed by atoms with Gasteiger partial charge in [-0.15, -0.1) is 11.3 Å². The maximum Gasteiger partial charge on any atom is 0.347 e. The lowest BCUT2D eigenvalue weighted by Crippen LogP contribution is -2.15. The average molecular weight is 393 g/mol. The molecule has 2 heterocycles. The Morgan fingerprint density at radius 3 is 2.74 bits per heavy atom. The minimum absolute atomic E-state index is 0.0801. The zero-order chi connectivity index (χ0) is 18.8. The van der Waals surface area contributed by atoms with E-state index in [1.807, 2.05) is 48.7 Å². The fraction of sp³-hybridized carbons (Fsp3) is 0.0952. The molecule has 0 bridgehead atoms. The molecule has 4 aromatic rings. The van der Waals surface area contributed by atoms with E-state index < -0.39 is 5.63 Å². The summed E-state index contributed by atoms with van der Waals surface area (Å²) in [6.45, 7) is 2.04. The quantitative estimate of drug-likeness (QED) is 0.265. The third kappa shape index (κ3) is 3.86. The highest BCUT2D eigenvalue weighted by molar-refractivity contribution is 8.01. The van der Waals surface area contributed by atoms with Crippen LogP contribution in [0.1, 0.15) is 15.9 Å². The monoisotopic (exact) mass is 393 g/mol. The average Bonchev–Trinajstić information content (AvgIpc) is 3.15. The summed E-state index contributed by atoms with van der Waals surface area (Å²) in [7, 11) is 0. The van der Waals surface area contributed by atoms with Gasteiger partial charge in [-0.2, -0.15) is 0 Å². The lowest BCUT2D eigenvalue weighted by Gasteiger charge is -2.01. The molecule has 0 spiro atoms. The lowest BCUT2D eigenvalue weighted by molar-refractivity contribution is 0.101. The number of Topliss-reactive ketones (excluding diaryl/α,β-unsaturated/α-hetero) is 1. The number of ketones is 1. The van der Waals surface area contributed by atoms with Crippen LogP contribution >= 0.6 is 23.1 Å². The number of fused-ring (bicyclic) bond motifs is 1. The van der Waals surface area contributed by atoms with Gasteiger partial charge in [-0.25, -0.2) is 9.78 Å². The standard InChI is InChI=1S/C21H15NO3S2/c1-13-6-8-14(9-7-13)17-11-26-21(22-17)27-12-18(23)16-10-15-4-2-3-5-19(15)25-20(16)24/h2-11H,12H2,1H3. The Morgan fingerprint density at radius 2 is 1.93 bits per heavy atom. The van der Waals surface area contributed by atoms with E-state index in [9.17, 15) is 9.59 Å². The molecule has 4 rings (SSSR count). The van der Waals surface area contributed by atoms with E-state index in [-0.39, 0.29) is 17.1 Å². The van der Waals surface area contributed by atoms with Gasteiger partial charge in [0.25, 0.3) is 0 Å². The number of hydrogen-bond acceptors (Lipinski definition) is 6. The molecular formula is C21H15NO3S2. The number of nitrogens with zero attached hydrogens (tertiary/aromatic N) is 1. The number of benzene rings is 2. The highest BCUT2D eigenvalue weighted by Crippen LogP contribution is 2.29. The van der Waals surface area contributed by atoms with Crippen molar-refractivity contribution < 1.29 is 9.21 Å². The number of carbonyl (C=O) groups excluding carboxylic acids is 1. The van der Waals surface area contributed by atoms with E-state index >= 15 is 0 Å². The van der Waals surface area contributed by atoms with E-state index in [1.165, 1.54) is 28.7 Å². The van der Waals surface area contributed by atoms with Gasteiger partial charge in [0, 0.05) is 16.3 Å². The molecule has 0 aliphatic heterocycles. The number of rotatable bonds is 5. The first-order chi connectivity index (χ1) is 13.1. The number of aryl methyl sites for hydroxylation is 1. The first-order valence-electron chi connectivity index (χ1n) is 8.31. The molecule has 2 aromatic heterocycles. The second-order valence-corrected chi connectivity index (χ2v) is 8.14. The van der Waals surface area contributed by atoms with Gasteiger partial charge in [-0.3, -0.25) is 4.79 Å². The molecule has 4 nitrogen and oxygen atoms in total. The van der Waals surface area contributed by atoms with Gasteiger partial charge < -0.3 is 4.42 Å². The Labute approximate surface area is 163 Å². The molecule has 0 fully saturated rings. The van der Waals surface area contributed by atoms with Crippen molar-refractivity contribution in [2.24, 2.45) is 0 Å². The summed E-state index contributed by atoms with van der Waals surface area (Å²) in [4.78, 5) is 29.2. The third-order valence-corrected chi connectivity index (χ3v) is 6.12. The van der Waals surface area contributed by atoms with Crippen LogP contribution in [0.3, 0.4) is 0 Å². The number of carbonyl (C=O) groups is 1. The second kappa shape index (κ2) is 7.50. The molecule has 0 radical (unpaired) electrons. The highest BCUT2D eigenvalue weighted by Gasteiger charge is 2.15. The van der Waals surface area contributed by atoms with Crippen LogP contribution in [0.25, 0.3) is 22.2 Å². The molecule has 0 atom stereocenters. The molecule has 0 aliphatic carbocycles. The van der Waals surface area contributed by atoms with Crippen molar-refractivity contribution >= 4 is 39.9 Å². The number of para-hydroxylation sites is 1. The maximum absolute atomic E-state index is 12.5. The van der Waals surface area contributed by atoms with Gasteiger partial charge in [0.1, 0.15) is 11.1 Å². The molecule has 0 saturated carbocycles. The van der Waals surface area contributed by atoms with Crippen molar-refractivity contribution in [2.45, 2.75) is 11.3 Å².